The van der Waals surface area contributed by atoms with Gasteiger partial charge in [-0.05, 0) is 18.4 Å². The molecule has 1 aliphatic rings. The average molecular weight is 256 g/mol. The first-order chi connectivity index (χ1) is 9.18. The highest BCUT2D eigenvalue weighted by Crippen LogP contribution is 2.28. The monoisotopic (exact) mass is 256 g/mol. The summed E-state index contributed by atoms with van der Waals surface area (Å²) >= 11 is 0. The minimum absolute atomic E-state index is 0.305. The molecule has 1 aliphatic heterocycles. The Balaban J connectivity index is 2.09. The molecule has 1 aromatic heterocycles. The molecule has 100 valence electrons. The Bertz CT molecular complexity index is 586. The third kappa shape index (κ3) is 2.06. The topological polar surface area (TPSA) is 42.7 Å². The molecule has 19 heavy (non-hydrogen) atoms. The van der Waals surface area contributed by atoms with Gasteiger partial charge >= 0.3 is 0 Å². The second-order valence-corrected chi connectivity index (χ2v) is 5.52. The van der Waals surface area contributed by atoms with E-state index in [9.17, 15) is 0 Å². The van der Waals surface area contributed by atoms with E-state index in [4.69, 9.17) is 0 Å². The highest BCUT2D eigenvalue weighted by molar-refractivity contribution is 5.60. The second kappa shape index (κ2) is 4.78. The van der Waals surface area contributed by atoms with Crippen LogP contribution in [0.3, 0.4) is 0 Å². The molecule has 1 N–H and O–H groups in total. The molecule has 0 saturated carbocycles. The van der Waals surface area contributed by atoms with Gasteiger partial charge in [0.25, 0.3) is 0 Å². The summed E-state index contributed by atoms with van der Waals surface area (Å²) in [4.78, 5) is 0. The Labute approximate surface area is 113 Å². The molecule has 0 aliphatic carbocycles. The molecule has 3 rings (SSSR count). The van der Waals surface area contributed by atoms with Gasteiger partial charge in [-0.25, -0.2) is 0 Å². The minimum atomic E-state index is 0.305. The highest BCUT2D eigenvalue weighted by atomic mass is 15.3. The first-order valence-electron chi connectivity index (χ1n) is 6.91. The summed E-state index contributed by atoms with van der Waals surface area (Å²) in [6.07, 6.45) is 0. The standard InChI is InChI=1S/C15H20N4/c1-10(2)13-15-18-17-14(19(15)9-8-16-13)12-7-5-4-6-11(12)3/h4-7,10,13,16H,8-9H2,1-3H3. The van der Waals surface area contributed by atoms with E-state index in [-0.39, 0.29) is 0 Å². The summed E-state index contributed by atoms with van der Waals surface area (Å²) in [5.74, 6) is 2.59. The lowest BCUT2D eigenvalue weighted by atomic mass is 10.0. The van der Waals surface area contributed by atoms with Crippen molar-refractivity contribution in [1.82, 2.24) is 20.1 Å². The van der Waals surface area contributed by atoms with Crippen molar-refractivity contribution >= 4 is 0 Å². The van der Waals surface area contributed by atoms with Crippen LogP contribution in [0.1, 0.15) is 31.3 Å². The van der Waals surface area contributed by atoms with Gasteiger partial charge < -0.3 is 9.88 Å². The van der Waals surface area contributed by atoms with Crippen molar-refractivity contribution in [1.29, 1.82) is 0 Å². The number of rotatable bonds is 2. The smallest absolute Gasteiger partial charge is 0.164 e. The van der Waals surface area contributed by atoms with Crippen LogP contribution in [0.15, 0.2) is 24.3 Å². The zero-order valence-corrected chi connectivity index (χ0v) is 11.7. The van der Waals surface area contributed by atoms with Gasteiger partial charge in [-0.2, -0.15) is 0 Å². The van der Waals surface area contributed by atoms with Crippen molar-refractivity contribution in [3.8, 4) is 11.4 Å². The molecule has 1 aromatic carbocycles. The van der Waals surface area contributed by atoms with Gasteiger partial charge in [0.05, 0.1) is 6.04 Å². The molecule has 0 saturated heterocycles. The molecular formula is C15H20N4. The summed E-state index contributed by atoms with van der Waals surface area (Å²) in [5.41, 5.74) is 2.43. The Morgan fingerprint density at radius 2 is 2.05 bits per heavy atom. The summed E-state index contributed by atoms with van der Waals surface area (Å²) in [7, 11) is 0. The molecule has 0 spiro atoms. The number of aromatic nitrogens is 3. The lowest BCUT2D eigenvalue weighted by Crippen LogP contribution is -2.36. The molecule has 0 fully saturated rings. The Kier molecular flexibility index (Phi) is 3.11. The van der Waals surface area contributed by atoms with Gasteiger partial charge in [0.15, 0.2) is 11.6 Å². The normalized spacial score (nSPS) is 18.6. The van der Waals surface area contributed by atoms with Crippen LogP contribution in [-0.4, -0.2) is 21.3 Å². The molecule has 1 atom stereocenters. The number of hydrogen-bond donors (Lipinski definition) is 1. The fourth-order valence-electron chi connectivity index (χ4n) is 2.75. The minimum Gasteiger partial charge on any atom is -0.308 e. The Hall–Kier alpha value is -1.68. The van der Waals surface area contributed by atoms with Crippen molar-refractivity contribution in [2.45, 2.75) is 33.4 Å². The van der Waals surface area contributed by atoms with E-state index in [1.165, 1.54) is 11.1 Å². The van der Waals surface area contributed by atoms with Crippen LogP contribution >= 0.6 is 0 Å². The molecule has 0 amide bonds. The van der Waals surface area contributed by atoms with E-state index in [1.807, 2.05) is 0 Å². The predicted molar refractivity (Wildman–Crippen MR) is 75.8 cm³/mol. The first-order valence-corrected chi connectivity index (χ1v) is 6.91. The zero-order chi connectivity index (χ0) is 13.4. The number of hydrogen-bond acceptors (Lipinski definition) is 3. The maximum absolute atomic E-state index is 4.43. The predicted octanol–water partition coefficient (Wildman–Crippen LogP) is 2.55. The molecule has 2 aromatic rings. The van der Waals surface area contributed by atoms with Crippen LogP contribution < -0.4 is 5.32 Å². The quantitative estimate of drug-likeness (QED) is 0.898. The van der Waals surface area contributed by atoms with Crippen LogP contribution in [0.4, 0.5) is 0 Å². The summed E-state index contributed by atoms with van der Waals surface area (Å²) in [5, 5.41) is 12.4. The first kappa shape index (κ1) is 12.4. The van der Waals surface area contributed by atoms with Gasteiger partial charge in [-0.1, -0.05) is 38.1 Å². The van der Waals surface area contributed by atoms with Gasteiger partial charge in [-0.15, -0.1) is 10.2 Å². The molecule has 4 heteroatoms. The Morgan fingerprint density at radius 1 is 1.26 bits per heavy atom. The third-order valence-electron chi connectivity index (χ3n) is 3.81. The van der Waals surface area contributed by atoms with Gasteiger partial charge in [-0.3, -0.25) is 0 Å². The second-order valence-electron chi connectivity index (χ2n) is 5.52. The molecule has 0 radical (unpaired) electrons. The van der Waals surface area contributed by atoms with Crippen molar-refractivity contribution < 1.29 is 0 Å². The number of aryl methyl sites for hydroxylation is 1. The molecule has 0 bridgehead atoms. The van der Waals surface area contributed by atoms with E-state index in [0.717, 1.165) is 24.7 Å². The summed E-state index contributed by atoms with van der Waals surface area (Å²) < 4.78 is 2.27. The van der Waals surface area contributed by atoms with E-state index in [1.54, 1.807) is 0 Å². The molecule has 4 nitrogen and oxygen atoms in total. The lowest BCUT2D eigenvalue weighted by molar-refractivity contribution is 0.339. The van der Waals surface area contributed by atoms with Crippen molar-refractivity contribution in [3.05, 3.63) is 35.7 Å². The molecular weight excluding hydrogens is 236 g/mol. The van der Waals surface area contributed by atoms with E-state index in [0.29, 0.717) is 12.0 Å². The van der Waals surface area contributed by atoms with Crippen molar-refractivity contribution in [2.24, 2.45) is 5.92 Å². The zero-order valence-electron chi connectivity index (χ0n) is 11.7. The van der Waals surface area contributed by atoms with E-state index in [2.05, 4.69) is 65.1 Å². The number of nitrogens with one attached hydrogen (secondary N) is 1. The van der Waals surface area contributed by atoms with Crippen LogP contribution in [-0.2, 0) is 6.54 Å². The lowest BCUT2D eigenvalue weighted by Gasteiger charge is -2.27. The fraction of sp³-hybridized carbons (Fsp3) is 0.467. The highest BCUT2D eigenvalue weighted by Gasteiger charge is 2.27. The van der Waals surface area contributed by atoms with Gasteiger partial charge in [0.2, 0.25) is 0 Å². The fourth-order valence-corrected chi connectivity index (χ4v) is 2.75. The number of nitrogens with zero attached hydrogens (tertiary/aromatic N) is 3. The van der Waals surface area contributed by atoms with Gasteiger partial charge in [0, 0.05) is 18.7 Å². The van der Waals surface area contributed by atoms with Crippen LogP contribution in [0.5, 0.6) is 0 Å². The number of fused-ring (bicyclic) bond motifs is 1. The maximum atomic E-state index is 4.43. The van der Waals surface area contributed by atoms with E-state index >= 15 is 0 Å². The van der Waals surface area contributed by atoms with Crippen LogP contribution in [0, 0.1) is 12.8 Å². The summed E-state index contributed by atoms with van der Waals surface area (Å²) in [6.45, 7) is 8.48. The van der Waals surface area contributed by atoms with Crippen LogP contribution in [0.2, 0.25) is 0 Å². The molecule has 2 heterocycles. The number of benzene rings is 1. The molecule has 1 unspecified atom stereocenters. The summed E-state index contributed by atoms with van der Waals surface area (Å²) in [6, 6.07) is 8.67. The van der Waals surface area contributed by atoms with Gasteiger partial charge in [0.1, 0.15) is 0 Å². The van der Waals surface area contributed by atoms with E-state index < -0.39 is 0 Å². The maximum Gasteiger partial charge on any atom is 0.164 e. The Morgan fingerprint density at radius 3 is 2.79 bits per heavy atom. The van der Waals surface area contributed by atoms with Crippen molar-refractivity contribution in [3.63, 3.8) is 0 Å². The van der Waals surface area contributed by atoms with Crippen molar-refractivity contribution in [2.75, 3.05) is 6.54 Å². The SMILES string of the molecule is Cc1ccccc1-c1nnc2n1CCNC2C(C)C. The largest absolute Gasteiger partial charge is 0.308 e. The third-order valence-corrected chi connectivity index (χ3v) is 3.81. The average Bonchev–Trinajstić information content (AvgIpc) is 2.82. The van der Waals surface area contributed by atoms with Crippen LogP contribution in [0.25, 0.3) is 11.4 Å².